The van der Waals surface area contributed by atoms with Gasteiger partial charge in [-0.15, -0.1) is 0 Å². The Labute approximate surface area is 141 Å². The van der Waals surface area contributed by atoms with Gasteiger partial charge < -0.3 is 0 Å². The minimum atomic E-state index is -0.412. The highest BCUT2D eigenvalue weighted by Crippen LogP contribution is 2.47. The molecule has 0 amide bonds. The lowest BCUT2D eigenvalue weighted by Gasteiger charge is -2.27. The van der Waals surface area contributed by atoms with Crippen LogP contribution in [0, 0.1) is 24.2 Å². The molecule has 0 bridgehead atoms. The molecule has 4 rings (SSSR count). The summed E-state index contributed by atoms with van der Waals surface area (Å²) in [5.41, 5.74) is 5.90. The summed E-state index contributed by atoms with van der Waals surface area (Å²) in [6.45, 7) is 3.91. The van der Waals surface area contributed by atoms with Crippen LogP contribution in [0.4, 0.5) is 0 Å². The van der Waals surface area contributed by atoms with Crippen LogP contribution in [0.25, 0.3) is 5.70 Å². The quantitative estimate of drug-likeness (QED) is 0.788. The molecular weight excluding hydrogens is 296 g/mol. The second-order valence-corrected chi connectivity index (χ2v) is 6.39. The molecular formula is C21H16N2O. The Morgan fingerprint density at radius 3 is 2.33 bits per heavy atom. The molecule has 0 saturated carbocycles. The van der Waals surface area contributed by atoms with Gasteiger partial charge >= 0.3 is 0 Å². The van der Waals surface area contributed by atoms with E-state index in [4.69, 9.17) is 0 Å². The number of ketones is 1. The number of carbonyl (C=O) groups excluding carboxylic acids is 1. The van der Waals surface area contributed by atoms with E-state index in [0.29, 0.717) is 11.1 Å². The molecule has 2 aromatic carbocycles. The number of carbonyl (C=O) groups is 1. The van der Waals surface area contributed by atoms with Crippen molar-refractivity contribution in [3.8, 4) is 6.07 Å². The molecule has 2 aliphatic rings. The molecule has 1 heterocycles. The van der Waals surface area contributed by atoms with Gasteiger partial charge in [0.15, 0.2) is 5.78 Å². The van der Waals surface area contributed by atoms with Gasteiger partial charge in [0, 0.05) is 28.3 Å². The highest BCUT2D eigenvalue weighted by atomic mass is 16.1. The van der Waals surface area contributed by atoms with Crippen LogP contribution in [-0.4, -0.2) is 11.5 Å². The number of nitriles is 1. The summed E-state index contributed by atoms with van der Waals surface area (Å²) >= 11 is 0. The number of Topliss-reactive ketones (excluding diaryl/α,β-unsaturated/α-hetero) is 1. The SMILES string of the molecule is CC1=NC2=C(C(=O)c3ccccc32)[C@@H](c2ccc(C)cc2)C1C#N. The van der Waals surface area contributed by atoms with Crippen LogP contribution in [0.1, 0.15) is 39.9 Å². The normalized spacial score (nSPS) is 21.9. The highest BCUT2D eigenvalue weighted by molar-refractivity contribution is 6.23. The molecule has 2 atom stereocenters. The maximum absolute atomic E-state index is 13.0. The van der Waals surface area contributed by atoms with E-state index in [0.717, 1.165) is 28.1 Å². The average molecular weight is 312 g/mol. The third-order valence-electron chi connectivity index (χ3n) is 4.88. The van der Waals surface area contributed by atoms with Crippen molar-refractivity contribution in [2.24, 2.45) is 10.9 Å². The Balaban J connectivity index is 1.96. The first-order valence-electron chi connectivity index (χ1n) is 8.01. The van der Waals surface area contributed by atoms with Gasteiger partial charge in [-0.1, -0.05) is 54.1 Å². The smallest absolute Gasteiger partial charge is 0.192 e. The Bertz CT molecular complexity index is 958. The van der Waals surface area contributed by atoms with E-state index in [1.807, 2.05) is 62.4 Å². The second kappa shape index (κ2) is 5.28. The number of hydrogen-bond donors (Lipinski definition) is 0. The fourth-order valence-electron chi connectivity index (χ4n) is 3.65. The minimum Gasteiger partial charge on any atom is -0.289 e. The molecule has 0 saturated heterocycles. The standard InChI is InChI=1S/C21H16N2O/c1-12-7-9-14(10-8-12)18-17(11-22)13(2)23-20-15-5-3-4-6-16(15)21(24)19(18)20/h3-10,17-18H,1-2H3/t17?,18-/m0/s1. The van der Waals surface area contributed by atoms with Crippen LogP contribution in [-0.2, 0) is 0 Å². The molecule has 1 aliphatic heterocycles. The topological polar surface area (TPSA) is 53.2 Å². The van der Waals surface area contributed by atoms with E-state index in [1.165, 1.54) is 0 Å². The maximum atomic E-state index is 13.0. The zero-order chi connectivity index (χ0) is 16.8. The first-order chi connectivity index (χ1) is 11.6. The van der Waals surface area contributed by atoms with Crippen molar-refractivity contribution < 1.29 is 4.79 Å². The number of rotatable bonds is 1. The molecule has 0 N–H and O–H groups in total. The van der Waals surface area contributed by atoms with Gasteiger partial charge in [-0.25, -0.2) is 0 Å². The second-order valence-electron chi connectivity index (χ2n) is 6.39. The zero-order valence-electron chi connectivity index (χ0n) is 13.6. The summed E-state index contributed by atoms with van der Waals surface area (Å²) in [6.07, 6.45) is 0. The third kappa shape index (κ3) is 1.97. The van der Waals surface area contributed by atoms with Crippen LogP contribution in [0.5, 0.6) is 0 Å². The summed E-state index contributed by atoms with van der Waals surface area (Å²) in [4.78, 5) is 17.6. The number of benzene rings is 2. The number of allylic oxidation sites excluding steroid dienone is 1. The van der Waals surface area contributed by atoms with Gasteiger partial charge in [0.05, 0.1) is 17.7 Å². The summed E-state index contributed by atoms with van der Waals surface area (Å²) in [7, 11) is 0. The van der Waals surface area contributed by atoms with Gasteiger partial charge in [-0.05, 0) is 19.4 Å². The maximum Gasteiger partial charge on any atom is 0.192 e. The number of hydrogen-bond acceptors (Lipinski definition) is 3. The predicted molar refractivity (Wildman–Crippen MR) is 93.8 cm³/mol. The lowest BCUT2D eigenvalue weighted by atomic mass is 9.76. The van der Waals surface area contributed by atoms with E-state index in [1.54, 1.807) is 0 Å². The lowest BCUT2D eigenvalue weighted by Crippen LogP contribution is -2.26. The fourth-order valence-corrected chi connectivity index (χ4v) is 3.65. The van der Waals surface area contributed by atoms with Crippen molar-refractivity contribution in [3.63, 3.8) is 0 Å². The van der Waals surface area contributed by atoms with E-state index in [-0.39, 0.29) is 11.7 Å². The lowest BCUT2D eigenvalue weighted by molar-refractivity contribution is 0.103. The number of nitrogens with zero attached hydrogens (tertiary/aromatic N) is 2. The minimum absolute atomic E-state index is 0.00248. The van der Waals surface area contributed by atoms with Crippen LogP contribution in [0.15, 0.2) is 59.1 Å². The van der Waals surface area contributed by atoms with E-state index in [9.17, 15) is 10.1 Å². The average Bonchev–Trinajstić information content (AvgIpc) is 2.87. The first-order valence-corrected chi connectivity index (χ1v) is 8.01. The molecule has 0 aromatic heterocycles. The van der Waals surface area contributed by atoms with Gasteiger partial charge in [0.1, 0.15) is 0 Å². The summed E-state index contributed by atoms with van der Waals surface area (Å²) in [5, 5.41) is 9.71. The molecule has 3 nitrogen and oxygen atoms in total. The van der Waals surface area contributed by atoms with Crippen LogP contribution in [0.3, 0.4) is 0 Å². The van der Waals surface area contributed by atoms with Crippen molar-refractivity contribution in [2.75, 3.05) is 0 Å². The zero-order valence-corrected chi connectivity index (χ0v) is 13.6. The largest absolute Gasteiger partial charge is 0.289 e. The van der Waals surface area contributed by atoms with Gasteiger partial charge in [0.25, 0.3) is 0 Å². The molecule has 116 valence electrons. The van der Waals surface area contributed by atoms with Crippen LogP contribution < -0.4 is 0 Å². The summed E-state index contributed by atoms with van der Waals surface area (Å²) in [5.74, 6) is -0.671. The molecule has 1 aliphatic carbocycles. The van der Waals surface area contributed by atoms with Crippen molar-refractivity contribution in [3.05, 3.63) is 76.4 Å². The van der Waals surface area contributed by atoms with Crippen molar-refractivity contribution >= 4 is 17.2 Å². The van der Waals surface area contributed by atoms with Crippen LogP contribution in [0.2, 0.25) is 0 Å². The van der Waals surface area contributed by atoms with Crippen molar-refractivity contribution in [2.45, 2.75) is 19.8 Å². The molecule has 1 unspecified atom stereocenters. The molecule has 0 spiro atoms. The van der Waals surface area contributed by atoms with Gasteiger partial charge in [-0.3, -0.25) is 9.79 Å². The third-order valence-corrected chi connectivity index (χ3v) is 4.88. The van der Waals surface area contributed by atoms with Gasteiger partial charge in [0.2, 0.25) is 0 Å². The molecule has 0 radical (unpaired) electrons. The molecule has 2 aromatic rings. The number of aryl methyl sites for hydroxylation is 1. The Morgan fingerprint density at radius 2 is 1.67 bits per heavy atom. The van der Waals surface area contributed by atoms with E-state index < -0.39 is 5.92 Å². The first kappa shape index (κ1) is 14.6. The summed E-state index contributed by atoms with van der Waals surface area (Å²) in [6, 6.07) is 18.0. The number of fused-ring (bicyclic) bond motifs is 2. The Morgan fingerprint density at radius 1 is 1.00 bits per heavy atom. The van der Waals surface area contributed by atoms with Gasteiger partial charge in [-0.2, -0.15) is 5.26 Å². The monoisotopic (exact) mass is 312 g/mol. The molecule has 0 fully saturated rings. The van der Waals surface area contributed by atoms with E-state index >= 15 is 0 Å². The Kier molecular flexibility index (Phi) is 3.21. The predicted octanol–water partition coefficient (Wildman–Crippen LogP) is 4.30. The molecule has 24 heavy (non-hydrogen) atoms. The van der Waals surface area contributed by atoms with Crippen molar-refractivity contribution in [1.82, 2.24) is 0 Å². The van der Waals surface area contributed by atoms with Crippen LogP contribution >= 0.6 is 0 Å². The number of aliphatic imine (C=N–C) groups is 1. The Hall–Kier alpha value is -2.99. The fraction of sp³-hybridized carbons (Fsp3) is 0.190. The summed E-state index contributed by atoms with van der Waals surface area (Å²) < 4.78 is 0. The van der Waals surface area contributed by atoms with E-state index in [2.05, 4.69) is 11.1 Å². The van der Waals surface area contributed by atoms with Crippen molar-refractivity contribution in [1.29, 1.82) is 5.26 Å². The molecule has 3 heteroatoms. The highest BCUT2D eigenvalue weighted by Gasteiger charge is 2.42.